The van der Waals surface area contributed by atoms with Crippen LogP contribution in [0, 0.1) is 17.6 Å². The molecule has 0 spiro atoms. The summed E-state index contributed by atoms with van der Waals surface area (Å²) in [6, 6.07) is 6.38. The van der Waals surface area contributed by atoms with Crippen molar-refractivity contribution < 1.29 is 18.3 Å². The highest BCUT2D eigenvalue weighted by Gasteiger charge is 2.20. The molecule has 2 aromatic carbocycles. The van der Waals surface area contributed by atoms with Crippen molar-refractivity contribution in [2.75, 3.05) is 20.6 Å². The van der Waals surface area contributed by atoms with Crippen LogP contribution in [-0.4, -0.2) is 47.3 Å². The fourth-order valence-electron chi connectivity index (χ4n) is 3.36. The Kier molecular flexibility index (Phi) is 7.45. The lowest BCUT2D eigenvalue weighted by atomic mass is 10.1. The van der Waals surface area contributed by atoms with E-state index in [-0.39, 0.29) is 29.0 Å². The maximum atomic E-state index is 14.2. The Morgan fingerprint density at radius 1 is 1.16 bits per heavy atom. The molecule has 32 heavy (non-hydrogen) atoms. The molecule has 0 aliphatic heterocycles. The summed E-state index contributed by atoms with van der Waals surface area (Å²) >= 11 is 0. The quantitative estimate of drug-likeness (QED) is 0.513. The molecule has 3 rings (SSSR count). The topological polar surface area (TPSA) is 59.4 Å². The zero-order valence-electron chi connectivity index (χ0n) is 19.2. The normalized spacial score (nSPS) is 12.5. The van der Waals surface area contributed by atoms with Gasteiger partial charge in [-0.05, 0) is 64.2 Å². The Labute approximate surface area is 187 Å². The first-order valence-corrected chi connectivity index (χ1v) is 10.7. The molecule has 0 aliphatic rings. The molecular weight excluding hydrogens is 414 g/mol. The Morgan fingerprint density at radius 2 is 1.91 bits per heavy atom. The van der Waals surface area contributed by atoms with Crippen LogP contribution in [0.4, 0.5) is 8.78 Å². The number of nitrogens with one attached hydrogen (secondary N) is 1. The summed E-state index contributed by atoms with van der Waals surface area (Å²) in [5.74, 6) is -1.47. The standard InChI is InChI=1S/C24H30F2N4O2/c1-15(2)14-30-21-12-19(24(31)28-16(3)8-9-29(4)5)23(10-17(21)13-27-30)32-22-7-6-18(25)11-20(22)26/h6-7,10-13,15-16H,8-9,14H2,1-5H3,(H,28,31). The van der Waals surface area contributed by atoms with Crippen LogP contribution in [0.1, 0.15) is 37.6 Å². The Morgan fingerprint density at radius 3 is 2.56 bits per heavy atom. The lowest BCUT2D eigenvalue weighted by Crippen LogP contribution is -2.35. The molecule has 172 valence electrons. The molecule has 1 aromatic heterocycles. The summed E-state index contributed by atoms with van der Waals surface area (Å²) in [4.78, 5) is 15.2. The molecule has 0 saturated carbocycles. The predicted octanol–water partition coefficient (Wildman–Crippen LogP) is 4.83. The van der Waals surface area contributed by atoms with E-state index in [4.69, 9.17) is 4.74 Å². The minimum Gasteiger partial charge on any atom is -0.453 e. The van der Waals surface area contributed by atoms with E-state index >= 15 is 0 Å². The number of carbonyl (C=O) groups is 1. The van der Waals surface area contributed by atoms with Gasteiger partial charge in [-0.25, -0.2) is 8.78 Å². The van der Waals surface area contributed by atoms with E-state index in [9.17, 15) is 13.6 Å². The van der Waals surface area contributed by atoms with E-state index in [2.05, 4.69) is 24.3 Å². The molecule has 0 saturated heterocycles. The second kappa shape index (κ2) is 10.1. The number of halogens is 2. The lowest BCUT2D eigenvalue weighted by Gasteiger charge is -2.18. The van der Waals surface area contributed by atoms with Crippen molar-refractivity contribution in [3.63, 3.8) is 0 Å². The Bertz CT molecular complexity index is 1100. The molecule has 6 nitrogen and oxygen atoms in total. The summed E-state index contributed by atoms with van der Waals surface area (Å²) in [6.07, 6.45) is 2.46. The third-order valence-electron chi connectivity index (χ3n) is 5.03. The minimum absolute atomic E-state index is 0.0726. The van der Waals surface area contributed by atoms with Gasteiger partial charge in [-0.2, -0.15) is 5.10 Å². The van der Waals surface area contributed by atoms with E-state index < -0.39 is 11.6 Å². The highest BCUT2D eigenvalue weighted by molar-refractivity contribution is 6.01. The zero-order valence-corrected chi connectivity index (χ0v) is 19.2. The maximum Gasteiger partial charge on any atom is 0.255 e. The van der Waals surface area contributed by atoms with Crippen LogP contribution in [0.5, 0.6) is 11.5 Å². The number of nitrogens with zero attached hydrogens (tertiary/aromatic N) is 3. The van der Waals surface area contributed by atoms with Crippen LogP contribution < -0.4 is 10.1 Å². The highest BCUT2D eigenvalue weighted by Crippen LogP contribution is 2.32. The van der Waals surface area contributed by atoms with Crippen LogP contribution in [0.15, 0.2) is 36.5 Å². The smallest absolute Gasteiger partial charge is 0.255 e. The molecule has 1 heterocycles. The van der Waals surface area contributed by atoms with Gasteiger partial charge in [0.15, 0.2) is 11.6 Å². The van der Waals surface area contributed by atoms with Crippen LogP contribution in [0.25, 0.3) is 10.9 Å². The van der Waals surface area contributed by atoms with E-state index in [0.29, 0.717) is 12.5 Å². The second-order valence-corrected chi connectivity index (χ2v) is 8.77. The predicted molar refractivity (Wildman–Crippen MR) is 121 cm³/mol. The van der Waals surface area contributed by atoms with Crippen molar-refractivity contribution in [3.05, 3.63) is 53.7 Å². The van der Waals surface area contributed by atoms with Gasteiger partial charge >= 0.3 is 0 Å². The van der Waals surface area contributed by atoms with E-state index in [1.54, 1.807) is 18.3 Å². The number of hydrogen-bond acceptors (Lipinski definition) is 4. The third kappa shape index (κ3) is 5.82. The van der Waals surface area contributed by atoms with Crippen molar-refractivity contribution in [1.29, 1.82) is 0 Å². The van der Waals surface area contributed by atoms with Crippen molar-refractivity contribution in [3.8, 4) is 11.5 Å². The molecule has 1 unspecified atom stereocenters. The monoisotopic (exact) mass is 444 g/mol. The van der Waals surface area contributed by atoms with Crippen molar-refractivity contribution >= 4 is 16.8 Å². The van der Waals surface area contributed by atoms with Crippen molar-refractivity contribution in [1.82, 2.24) is 20.0 Å². The largest absolute Gasteiger partial charge is 0.453 e. The highest BCUT2D eigenvalue weighted by atomic mass is 19.1. The van der Waals surface area contributed by atoms with E-state index in [1.165, 1.54) is 6.07 Å². The maximum absolute atomic E-state index is 14.2. The SMILES string of the molecule is CC(C)Cn1ncc2cc(Oc3ccc(F)cc3F)c(C(=O)NC(C)CCN(C)C)cc21. The van der Waals surface area contributed by atoms with Crippen LogP contribution in [0.3, 0.4) is 0 Å². The summed E-state index contributed by atoms with van der Waals surface area (Å²) in [5.41, 5.74) is 1.06. The minimum atomic E-state index is -0.841. The molecule has 1 atom stereocenters. The third-order valence-corrected chi connectivity index (χ3v) is 5.03. The number of benzene rings is 2. The van der Waals surface area contributed by atoms with Gasteiger partial charge in [0.25, 0.3) is 5.91 Å². The average molecular weight is 445 g/mol. The first kappa shape index (κ1) is 23.7. The van der Waals surface area contributed by atoms with E-state index in [1.807, 2.05) is 30.6 Å². The number of amides is 1. The molecule has 1 N–H and O–H groups in total. The summed E-state index contributed by atoms with van der Waals surface area (Å²) in [7, 11) is 3.95. The number of aromatic nitrogens is 2. The van der Waals surface area contributed by atoms with Gasteiger partial charge in [0.1, 0.15) is 11.6 Å². The van der Waals surface area contributed by atoms with Crippen LogP contribution >= 0.6 is 0 Å². The summed E-state index contributed by atoms with van der Waals surface area (Å²) < 4.78 is 35.1. The van der Waals surface area contributed by atoms with Gasteiger partial charge in [0.2, 0.25) is 0 Å². The molecule has 0 radical (unpaired) electrons. The molecule has 8 heteroatoms. The fraction of sp³-hybridized carbons (Fsp3) is 0.417. The summed E-state index contributed by atoms with van der Waals surface area (Å²) in [5, 5.41) is 8.18. The molecule has 3 aromatic rings. The van der Waals surface area contributed by atoms with Gasteiger partial charge < -0.3 is 15.0 Å². The second-order valence-electron chi connectivity index (χ2n) is 8.77. The number of fused-ring (bicyclic) bond motifs is 1. The molecule has 1 amide bonds. The van der Waals surface area contributed by atoms with Crippen LogP contribution in [0.2, 0.25) is 0 Å². The van der Waals surface area contributed by atoms with Gasteiger partial charge in [-0.3, -0.25) is 9.48 Å². The van der Waals surface area contributed by atoms with E-state index in [0.717, 1.165) is 36.0 Å². The van der Waals surface area contributed by atoms with Gasteiger partial charge in [-0.1, -0.05) is 13.8 Å². The molecule has 0 fully saturated rings. The van der Waals surface area contributed by atoms with Crippen molar-refractivity contribution in [2.45, 2.75) is 39.8 Å². The number of carbonyl (C=O) groups excluding carboxylic acids is 1. The Balaban J connectivity index is 1.99. The average Bonchev–Trinajstić information content (AvgIpc) is 3.09. The number of rotatable bonds is 9. The lowest BCUT2D eigenvalue weighted by molar-refractivity contribution is 0.0934. The molecule has 0 aliphatic carbocycles. The summed E-state index contributed by atoms with van der Waals surface area (Å²) in [6.45, 7) is 7.62. The van der Waals surface area contributed by atoms with Crippen LogP contribution in [-0.2, 0) is 6.54 Å². The fourth-order valence-corrected chi connectivity index (χ4v) is 3.36. The van der Waals surface area contributed by atoms with Gasteiger partial charge in [0.05, 0.1) is 17.3 Å². The van der Waals surface area contributed by atoms with Gasteiger partial charge in [0, 0.05) is 24.0 Å². The first-order chi connectivity index (χ1) is 15.1. The number of ether oxygens (including phenoxy) is 1. The molecular formula is C24H30F2N4O2. The Hall–Kier alpha value is -3.00. The van der Waals surface area contributed by atoms with Gasteiger partial charge in [-0.15, -0.1) is 0 Å². The zero-order chi connectivity index (χ0) is 23.4. The molecule has 0 bridgehead atoms. The van der Waals surface area contributed by atoms with Crippen molar-refractivity contribution in [2.24, 2.45) is 5.92 Å². The number of hydrogen-bond donors (Lipinski definition) is 1. The first-order valence-electron chi connectivity index (χ1n) is 10.7.